The van der Waals surface area contributed by atoms with Gasteiger partial charge < -0.3 is 9.21 Å². The summed E-state index contributed by atoms with van der Waals surface area (Å²) in [6, 6.07) is 15.0. The van der Waals surface area contributed by atoms with Crippen LogP contribution < -0.4 is 15.0 Å². The number of ether oxygens (including phenoxy) is 2. The molecule has 0 unspecified atom stereocenters. The zero-order chi connectivity index (χ0) is 31.7. The molecule has 1 aliphatic rings. The van der Waals surface area contributed by atoms with E-state index in [-0.39, 0.29) is 18.0 Å². The predicted octanol–water partition coefficient (Wildman–Crippen LogP) is 9.08. The average Bonchev–Trinajstić information content (AvgIpc) is 3.37. The zero-order valence-electron chi connectivity index (χ0n) is 26.2. The van der Waals surface area contributed by atoms with Gasteiger partial charge in [-0.15, -0.1) is 11.9 Å². The number of nitrogens with zero attached hydrogens (tertiary/aromatic N) is 2. The predicted molar refractivity (Wildman–Crippen MR) is 182 cm³/mol. The number of aryl methyl sites for hydroxylation is 3. The second kappa shape index (κ2) is 17.0. The van der Waals surface area contributed by atoms with Gasteiger partial charge in [-0.3, -0.25) is 0 Å². The maximum absolute atomic E-state index is 13.6. The Labute approximate surface area is 274 Å². The molecule has 1 heterocycles. The molecule has 3 aromatic rings. The Bertz CT molecular complexity index is 1380. The van der Waals surface area contributed by atoms with E-state index in [9.17, 15) is 4.39 Å². The van der Waals surface area contributed by atoms with Crippen LogP contribution in [0.2, 0.25) is 0 Å². The first-order valence-electron chi connectivity index (χ1n) is 14.2. The third-order valence-electron chi connectivity index (χ3n) is 6.49. The number of aliphatic hydroxyl groups is 1. The van der Waals surface area contributed by atoms with Gasteiger partial charge in [0.1, 0.15) is 0 Å². The van der Waals surface area contributed by atoms with Crippen LogP contribution in [-0.2, 0) is 20.1 Å². The van der Waals surface area contributed by atoms with Crippen LogP contribution in [0.5, 0.6) is 11.5 Å². The Morgan fingerprint density at radius 3 is 2.33 bits per heavy atom. The summed E-state index contributed by atoms with van der Waals surface area (Å²) in [6.45, 7) is 19.5. The second-order valence-electron chi connectivity index (χ2n) is 11.0. The van der Waals surface area contributed by atoms with Crippen LogP contribution in [0, 0.1) is 33.3 Å². The molecule has 0 atom stereocenters. The zero-order valence-corrected chi connectivity index (χ0v) is 30.3. The first-order valence-corrected chi connectivity index (χ1v) is 20.9. The van der Waals surface area contributed by atoms with Crippen molar-refractivity contribution in [2.75, 3.05) is 29.6 Å². The largest absolute Gasteiger partial charge is 0.506 e. The number of hydrogen-bond donors (Lipinski definition) is 1. The van der Waals surface area contributed by atoms with Crippen molar-refractivity contribution in [1.29, 1.82) is 0 Å². The van der Waals surface area contributed by atoms with Gasteiger partial charge in [-0.25, -0.2) is 0 Å². The van der Waals surface area contributed by atoms with Crippen molar-refractivity contribution < 1.29 is 27.4 Å². The van der Waals surface area contributed by atoms with Gasteiger partial charge in [-0.2, -0.15) is 6.67 Å². The van der Waals surface area contributed by atoms with Crippen LogP contribution >= 0.6 is 31.3 Å². The van der Waals surface area contributed by atoms with E-state index in [1.165, 1.54) is 34.5 Å². The minimum atomic E-state index is -2.05. The summed E-state index contributed by atoms with van der Waals surface area (Å²) in [5, 5.41) is 3.39. The molecule has 10 heteroatoms. The SMILES string of the molecule is CC(C)Oc1ccc(NCc2ccc(F)cc2[CH]=[Ru]([Cl])[Cl])c([OH+]C(C)C)c1.CSN1[CH-]N(c2c(C)cc(C)cc2C)CC1. The van der Waals surface area contributed by atoms with Crippen LogP contribution in [-0.4, -0.2) is 45.2 Å². The fraction of sp³-hybridized carbons (Fsp3) is 0.394. The minimum absolute atomic E-state index is 0.0939. The molecule has 0 aromatic heterocycles. The average molecular weight is 738 g/mol. The van der Waals surface area contributed by atoms with Crippen molar-refractivity contribution in [3.8, 4) is 11.5 Å². The number of anilines is 2. The molecule has 2 N–H and O–H groups in total. The molecule has 0 aliphatic carbocycles. The van der Waals surface area contributed by atoms with Gasteiger partial charge in [-0.05, 0) is 44.7 Å². The van der Waals surface area contributed by atoms with E-state index in [0.29, 0.717) is 6.54 Å². The third kappa shape index (κ3) is 11.2. The Morgan fingerprint density at radius 2 is 1.74 bits per heavy atom. The van der Waals surface area contributed by atoms with Crippen LogP contribution in [0.25, 0.3) is 0 Å². The quantitative estimate of drug-likeness (QED) is 0.0740. The number of nitrogens with one attached hydrogen (secondary N) is 1. The first kappa shape index (κ1) is 35.7. The molecule has 0 spiro atoms. The summed E-state index contributed by atoms with van der Waals surface area (Å²) in [5.74, 6) is 1.31. The maximum Gasteiger partial charge on any atom is 0.0142 e. The normalized spacial score (nSPS) is 13.6. The van der Waals surface area contributed by atoms with Crippen molar-refractivity contribution >= 4 is 47.3 Å². The Balaban J connectivity index is 0.000000268. The number of benzene rings is 3. The molecule has 0 saturated carbocycles. The van der Waals surface area contributed by atoms with Gasteiger partial charge >= 0.3 is 174 Å². The third-order valence-corrected chi connectivity index (χ3v) is 9.07. The molecule has 0 bridgehead atoms. The van der Waals surface area contributed by atoms with Gasteiger partial charge in [-0.1, -0.05) is 17.7 Å². The van der Waals surface area contributed by atoms with Gasteiger partial charge in [0, 0.05) is 12.2 Å². The molecule has 3 aromatic carbocycles. The summed E-state index contributed by atoms with van der Waals surface area (Å²) in [7, 11) is 12.0. The fourth-order valence-electron chi connectivity index (χ4n) is 4.90. The molecule has 1 saturated heterocycles. The summed E-state index contributed by atoms with van der Waals surface area (Å²) >= 11 is -0.265. The first-order chi connectivity index (χ1) is 20.4. The Kier molecular flexibility index (Phi) is 14.1. The van der Waals surface area contributed by atoms with Crippen LogP contribution in [0.3, 0.4) is 0 Å². The summed E-state index contributed by atoms with van der Waals surface area (Å²) in [4.78, 5) is 2.36. The number of aromatic hydroxyl groups is 1. The van der Waals surface area contributed by atoms with Crippen LogP contribution in [0.1, 0.15) is 55.5 Å². The van der Waals surface area contributed by atoms with E-state index < -0.39 is 13.5 Å². The Morgan fingerprint density at radius 1 is 1.05 bits per heavy atom. The van der Waals surface area contributed by atoms with Gasteiger partial charge in [0.05, 0.1) is 0 Å². The minimum Gasteiger partial charge on any atom is -0.506 e. The topological polar surface area (TPSA) is 40.5 Å². The van der Waals surface area contributed by atoms with E-state index in [0.717, 1.165) is 41.4 Å². The smallest absolute Gasteiger partial charge is 0.0142 e. The molecule has 0 amide bonds. The van der Waals surface area contributed by atoms with Gasteiger partial charge in [0.15, 0.2) is 0 Å². The van der Waals surface area contributed by atoms with Crippen molar-refractivity contribution in [2.24, 2.45) is 0 Å². The van der Waals surface area contributed by atoms with E-state index >= 15 is 0 Å². The van der Waals surface area contributed by atoms with Gasteiger partial charge in [0.25, 0.3) is 0 Å². The number of halogens is 3. The molecule has 238 valence electrons. The summed E-state index contributed by atoms with van der Waals surface area (Å²) in [6.07, 6.45) is 2.36. The van der Waals surface area contributed by atoms with Crippen molar-refractivity contribution in [3.05, 3.63) is 88.8 Å². The molecular formula is C33H44Cl2FN3O2RuS. The monoisotopic (exact) mass is 737 g/mol. The molecule has 1 fully saturated rings. The van der Waals surface area contributed by atoms with E-state index in [2.05, 4.69) is 65.1 Å². The summed E-state index contributed by atoms with van der Waals surface area (Å²) < 4.78 is 28.1. The van der Waals surface area contributed by atoms with Crippen LogP contribution in [0.15, 0.2) is 48.5 Å². The van der Waals surface area contributed by atoms with Crippen LogP contribution in [0.4, 0.5) is 15.8 Å². The van der Waals surface area contributed by atoms with E-state index in [1.807, 2.05) is 45.9 Å². The maximum atomic E-state index is 13.6. The fourth-order valence-corrected chi connectivity index (χ4v) is 7.23. The molecule has 1 aliphatic heterocycles. The summed E-state index contributed by atoms with van der Waals surface area (Å²) in [5.41, 5.74) is 8.01. The number of rotatable bonds is 10. The molecule has 43 heavy (non-hydrogen) atoms. The second-order valence-corrected chi connectivity index (χ2v) is 17.5. The van der Waals surface area contributed by atoms with Crippen molar-refractivity contribution in [2.45, 2.75) is 67.2 Å². The van der Waals surface area contributed by atoms with E-state index in [4.69, 9.17) is 24.1 Å². The number of hydrogen-bond acceptors (Lipinski definition) is 5. The van der Waals surface area contributed by atoms with Crippen molar-refractivity contribution in [1.82, 2.24) is 4.31 Å². The Hall–Kier alpha value is -1.83. The molecule has 0 radical (unpaired) electrons. The molecule has 5 nitrogen and oxygen atoms in total. The van der Waals surface area contributed by atoms with Gasteiger partial charge in [0.2, 0.25) is 0 Å². The standard InChI is InChI=1S/C20H24FNO2.C13H19N2S.2ClH.Ru/c1-13(2)23-18-8-9-19(20(11-18)24-14(3)4)22-12-16-6-7-17(21)10-15(16)5;1-10-7-11(2)13(12(3)8-10)14-5-6-15(9-14)16-4;;;/h5-11,13-14,22H,12H2,1-4H3;7-9H,5-6H2,1-4H3;2*1H;/q;-1;;;+2/p-1. The van der Waals surface area contributed by atoms with Crippen molar-refractivity contribution in [3.63, 3.8) is 0 Å². The molecular weight excluding hydrogens is 693 g/mol. The van der Waals surface area contributed by atoms with E-state index in [1.54, 1.807) is 22.6 Å². The molecule has 4 rings (SSSR count).